The molecule has 0 saturated carbocycles. The molecule has 5 nitrogen and oxygen atoms in total. The summed E-state index contributed by atoms with van der Waals surface area (Å²) in [7, 11) is 0. The second-order valence-corrected chi connectivity index (χ2v) is 6.28. The lowest BCUT2D eigenvalue weighted by Crippen LogP contribution is -2.38. The van der Waals surface area contributed by atoms with Crippen molar-refractivity contribution in [2.75, 3.05) is 11.9 Å². The first kappa shape index (κ1) is 15.5. The summed E-state index contributed by atoms with van der Waals surface area (Å²) in [6, 6.07) is 5.78. The largest absolute Gasteiger partial charge is 0.324 e. The van der Waals surface area contributed by atoms with Gasteiger partial charge >= 0.3 is 0 Å². The van der Waals surface area contributed by atoms with Crippen LogP contribution in [0.15, 0.2) is 30.4 Å². The molecule has 1 aromatic rings. The van der Waals surface area contributed by atoms with Crippen LogP contribution in [0.5, 0.6) is 0 Å². The second-order valence-electron chi connectivity index (χ2n) is 6.28. The van der Waals surface area contributed by atoms with E-state index < -0.39 is 0 Å². The Kier molecular flexibility index (Phi) is 4.03. The Hall–Kier alpha value is -2.43. The number of fused-ring (bicyclic) bond motifs is 1. The first-order chi connectivity index (χ1) is 11.0. The van der Waals surface area contributed by atoms with Gasteiger partial charge in [0, 0.05) is 5.69 Å². The Morgan fingerprint density at radius 2 is 1.74 bits per heavy atom. The van der Waals surface area contributed by atoms with Crippen molar-refractivity contribution in [3.8, 4) is 0 Å². The van der Waals surface area contributed by atoms with Crippen molar-refractivity contribution in [2.45, 2.75) is 26.7 Å². The number of allylic oxidation sites excluding steroid dienone is 2. The summed E-state index contributed by atoms with van der Waals surface area (Å²) in [5.41, 5.74) is 2.70. The minimum atomic E-state index is -0.341. The fourth-order valence-corrected chi connectivity index (χ4v) is 3.23. The van der Waals surface area contributed by atoms with Crippen LogP contribution >= 0.6 is 0 Å². The molecule has 23 heavy (non-hydrogen) atoms. The van der Waals surface area contributed by atoms with Crippen molar-refractivity contribution in [3.05, 3.63) is 41.5 Å². The van der Waals surface area contributed by atoms with Gasteiger partial charge in [0.1, 0.15) is 6.54 Å². The Bertz CT molecular complexity index is 682. The van der Waals surface area contributed by atoms with Crippen molar-refractivity contribution in [1.82, 2.24) is 4.90 Å². The molecule has 120 valence electrons. The molecule has 1 N–H and O–H groups in total. The van der Waals surface area contributed by atoms with Gasteiger partial charge in [-0.3, -0.25) is 19.3 Å². The molecule has 0 spiro atoms. The van der Waals surface area contributed by atoms with E-state index in [4.69, 9.17) is 0 Å². The molecule has 1 aliphatic heterocycles. The highest BCUT2D eigenvalue weighted by Gasteiger charge is 2.47. The quantitative estimate of drug-likeness (QED) is 0.687. The monoisotopic (exact) mass is 312 g/mol. The lowest BCUT2D eigenvalue weighted by Gasteiger charge is -2.15. The smallest absolute Gasteiger partial charge is 0.244 e. The lowest BCUT2D eigenvalue weighted by molar-refractivity contribution is -0.142. The van der Waals surface area contributed by atoms with E-state index in [1.807, 2.05) is 44.2 Å². The average Bonchev–Trinajstić information content (AvgIpc) is 2.76. The molecule has 0 unspecified atom stereocenters. The second kappa shape index (κ2) is 5.99. The molecule has 1 aliphatic carbocycles. The van der Waals surface area contributed by atoms with Crippen molar-refractivity contribution in [1.29, 1.82) is 0 Å². The Morgan fingerprint density at radius 3 is 2.35 bits per heavy atom. The van der Waals surface area contributed by atoms with Crippen molar-refractivity contribution in [3.63, 3.8) is 0 Å². The van der Waals surface area contributed by atoms with E-state index in [1.165, 1.54) is 0 Å². The van der Waals surface area contributed by atoms with Crippen molar-refractivity contribution < 1.29 is 14.4 Å². The number of nitrogens with one attached hydrogen (secondary N) is 1. The van der Waals surface area contributed by atoms with Crippen molar-refractivity contribution >= 4 is 23.4 Å². The number of hydrogen-bond acceptors (Lipinski definition) is 3. The molecular formula is C18H20N2O3. The summed E-state index contributed by atoms with van der Waals surface area (Å²) in [6.45, 7) is 3.64. The normalized spacial score (nSPS) is 23.1. The number of nitrogens with zero attached hydrogens (tertiary/aromatic N) is 1. The first-order valence-corrected chi connectivity index (χ1v) is 7.84. The summed E-state index contributed by atoms with van der Waals surface area (Å²) >= 11 is 0. The van der Waals surface area contributed by atoms with Gasteiger partial charge in [0.15, 0.2) is 0 Å². The Morgan fingerprint density at radius 1 is 1.13 bits per heavy atom. The Balaban J connectivity index is 1.70. The zero-order valence-electron chi connectivity index (χ0n) is 13.3. The maximum atomic E-state index is 12.4. The molecule has 5 heteroatoms. The maximum absolute atomic E-state index is 12.4. The number of aryl methyl sites for hydroxylation is 2. The van der Waals surface area contributed by atoms with Gasteiger partial charge in [-0.05, 0) is 43.9 Å². The minimum Gasteiger partial charge on any atom is -0.324 e. The zero-order chi connectivity index (χ0) is 16.6. The van der Waals surface area contributed by atoms with Crippen molar-refractivity contribution in [2.24, 2.45) is 11.8 Å². The predicted molar refractivity (Wildman–Crippen MR) is 86.6 cm³/mol. The van der Waals surface area contributed by atoms with E-state index in [-0.39, 0.29) is 36.1 Å². The SMILES string of the molecule is Cc1ccc(C)c(NC(=O)CN2C(=O)[C@@H]3CC=CC[C@H]3C2=O)c1. The van der Waals surface area contributed by atoms with Gasteiger partial charge in [0.05, 0.1) is 11.8 Å². The number of carbonyl (C=O) groups is 3. The third-order valence-electron chi connectivity index (χ3n) is 4.57. The molecule has 0 aromatic heterocycles. The fourth-order valence-electron chi connectivity index (χ4n) is 3.23. The van der Waals surface area contributed by atoms with Crippen LogP contribution in [0.3, 0.4) is 0 Å². The minimum absolute atomic E-state index is 0.210. The molecule has 3 rings (SSSR count). The summed E-state index contributed by atoms with van der Waals surface area (Å²) in [5, 5.41) is 2.80. The molecule has 1 heterocycles. The molecule has 0 bridgehead atoms. The molecule has 1 fully saturated rings. The van der Waals surface area contributed by atoms with Crippen LogP contribution in [-0.4, -0.2) is 29.2 Å². The molecule has 3 amide bonds. The lowest BCUT2D eigenvalue weighted by atomic mass is 9.85. The van der Waals surface area contributed by atoms with Crippen LogP contribution in [0.1, 0.15) is 24.0 Å². The summed E-state index contributed by atoms with van der Waals surface area (Å²) in [5.74, 6) is -1.37. The summed E-state index contributed by atoms with van der Waals surface area (Å²) in [4.78, 5) is 38.1. The zero-order valence-corrected chi connectivity index (χ0v) is 13.3. The number of carbonyl (C=O) groups excluding carboxylic acids is 3. The number of imide groups is 1. The number of rotatable bonds is 3. The highest BCUT2D eigenvalue weighted by Crippen LogP contribution is 2.34. The van der Waals surface area contributed by atoms with Crippen LogP contribution in [0, 0.1) is 25.7 Å². The number of anilines is 1. The van der Waals surface area contributed by atoms with Crippen LogP contribution < -0.4 is 5.32 Å². The van der Waals surface area contributed by atoms with Crippen LogP contribution in [0.25, 0.3) is 0 Å². The molecule has 2 atom stereocenters. The van der Waals surface area contributed by atoms with E-state index in [9.17, 15) is 14.4 Å². The van der Waals surface area contributed by atoms with Crippen LogP contribution in [-0.2, 0) is 14.4 Å². The molecular weight excluding hydrogens is 292 g/mol. The van der Waals surface area contributed by atoms with E-state index in [0.29, 0.717) is 18.5 Å². The topological polar surface area (TPSA) is 66.5 Å². The van der Waals surface area contributed by atoms with Gasteiger partial charge < -0.3 is 5.32 Å². The van der Waals surface area contributed by atoms with Gasteiger partial charge in [0.2, 0.25) is 17.7 Å². The number of hydrogen-bond donors (Lipinski definition) is 1. The third kappa shape index (κ3) is 2.91. The average molecular weight is 312 g/mol. The van der Waals surface area contributed by atoms with Gasteiger partial charge in [-0.2, -0.15) is 0 Å². The number of benzene rings is 1. The van der Waals surface area contributed by atoms with E-state index >= 15 is 0 Å². The first-order valence-electron chi connectivity index (χ1n) is 7.84. The highest BCUT2D eigenvalue weighted by atomic mass is 16.2. The van der Waals surface area contributed by atoms with Crippen LogP contribution in [0.4, 0.5) is 5.69 Å². The summed E-state index contributed by atoms with van der Waals surface area (Å²) in [6.07, 6.45) is 5.05. The maximum Gasteiger partial charge on any atom is 0.244 e. The highest BCUT2D eigenvalue weighted by molar-refractivity contribution is 6.08. The standard InChI is InChI=1S/C18H20N2O3/c1-11-7-8-12(2)15(9-11)19-16(21)10-20-17(22)13-5-3-4-6-14(13)18(20)23/h3-4,7-9,13-14H,5-6,10H2,1-2H3,(H,19,21)/t13-,14-/m1/s1. The van der Waals surface area contributed by atoms with E-state index in [1.54, 1.807) is 0 Å². The third-order valence-corrected chi connectivity index (χ3v) is 4.57. The number of likely N-dealkylation sites (tertiary alicyclic amines) is 1. The summed E-state index contributed by atoms with van der Waals surface area (Å²) < 4.78 is 0. The molecule has 1 aromatic carbocycles. The van der Waals surface area contributed by atoms with Gasteiger partial charge in [0.25, 0.3) is 0 Å². The fraction of sp³-hybridized carbons (Fsp3) is 0.389. The predicted octanol–water partition coefficient (Wildman–Crippen LogP) is 2.19. The van der Waals surface area contributed by atoms with Gasteiger partial charge in [-0.25, -0.2) is 0 Å². The Labute approximate surface area is 135 Å². The molecule has 1 saturated heterocycles. The molecule has 0 radical (unpaired) electrons. The van der Waals surface area contributed by atoms with Gasteiger partial charge in [-0.1, -0.05) is 24.3 Å². The number of amides is 3. The van der Waals surface area contributed by atoms with E-state index in [2.05, 4.69) is 5.32 Å². The molecule has 2 aliphatic rings. The van der Waals surface area contributed by atoms with Crippen LogP contribution in [0.2, 0.25) is 0 Å². The van der Waals surface area contributed by atoms with E-state index in [0.717, 1.165) is 16.0 Å². The van der Waals surface area contributed by atoms with Gasteiger partial charge in [-0.15, -0.1) is 0 Å².